The largest absolute Gasteiger partial charge is 0.484 e. The lowest BCUT2D eigenvalue weighted by atomic mass is 10.2. The van der Waals surface area contributed by atoms with Crippen LogP contribution in [0.15, 0.2) is 48.8 Å². The zero-order valence-electron chi connectivity index (χ0n) is 21.8. The molecule has 2 aromatic carbocycles. The molecule has 5 aromatic rings. The molecular weight excluding hydrogens is 561 g/mol. The predicted molar refractivity (Wildman–Crippen MR) is 150 cm³/mol. The maximum atomic E-state index is 15.0. The van der Waals surface area contributed by atoms with Crippen LogP contribution in [0.4, 0.5) is 14.9 Å². The van der Waals surface area contributed by atoms with Gasteiger partial charge in [0.25, 0.3) is 0 Å². The summed E-state index contributed by atoms with van der Waals surface area (Å²) in [6.07, 6.45) is 0.881. The number of anilines is 1. The second kappa shape index (κ2) is 11.4. The van der Waals surface area contributed by atoms with Gasteiger partial charge in [0.15, 0.2) is 11.6 Å². The molecule has 3 aromatic heterocycles. The molecule has 206 valence electrons. The molecule has 0 bridgehead atoms. The fourth-order valence-electron chi connectivity index (χ4n) is 3.75. The molecule has 0 fully saturated rings. The molecule has 0 radical (unpaired) electrons. The van der Waals surface area contributed by atoms with Crippen molar-refractivity contribution in [1.82, 2.24) is 19.9 Å². The van der Waals surface area contributed by atoms with Crippen LogP contribution in [0.25, 0.3) is 31.8 Å². The molecule has 0 saturated carbocycles. The van der Waals surface area contributed by atoms with Crippen molar-refractivity contribution in [2.24, 2.45) is 0 Å². The van der Waals surface area contributed by atoms with Gasteiger partial charge in [-0.1, -0.05) is 11.6 Å². The summed E-state index contributed by atoms with van der Waals surface area (Å²) in [4.78, 5) is 29.8. The molecule has 0 saturated heterocycles. The standard InChI is InChI=1S/C27H23ClFN5O5S/c1-13(14(2)39-27(35)32-16-5-6-23(36-3)30-11-16)38-21-10-22-19(9-18(21)29)34-26(40-22)17-7-15(28)8-20-25(17)31-12-24(33-20)37-4/h5-14H,1-4H3,(H,32,35)/t13-,14+/m0/s1. The van der Waals surface area contributed by atoms with E-state index in [9.17, 15) is 4.79 Å². The van der Waals surface area contributed by atoms with Crippen LogP contribution < -0.4 is 19.5 Å². The fourth-order valence-corrected chi connectivity index (χ4v) is 4.96. The number of methoxy groups -OCH3 is 2. The highest BCUT2D eigenvalue weighted by molar-refractivity contribution is 7.21. The highest BCUT2D eigenvalue weighted by Gasteiger charge is 2.22. The number of aromatic nitrogens is 4. The molecule has 13 heteroatoms. The first-order valence-electron chi connectivity index (χ1n) is 12.0. The smallest absolute Gasteiger partial charge is 0.412 e. The lowest BCUT2D eigenvalue weighted by molar-refractivity contribution is 0.0402. The Morgan fingerprint density at radius 2 is 1.77 bits per heavy atom. The van der Waals surface area contributed by atoms with Crippen molar-refractivity contribution < 1.29 is 28.1 Å². The Morgan fingerprint density at radius 3 is 2.50 bits per heavy atom. The van der Waals surface area contributed by atoms with Gasteiger partial charge in [0, 0.05) is 28.8 Å². The quantitative estimate of drug-likeness (QED) is 0.218. The zero-order chi connectivity index (χ0) is 28.4. The Kier molecular flexibility index (Phi) is 7.81. The molecule has 1 N–H and O–H groups in total. The molecule has 10 nitrogen and oxygen atoms in total. The van der Waals surface area contributed by atoms with E-state index in [1.54, 1.807) is 44.2 Å². The van der Waals surface area contributed by atoms with Gasteiger partial charge in [-0.2, -0.15) is 0 Å². The van der Waals surface area contributed by atoms with Gasteiger partial charge in [-0.15, -0.1) is 11.3 Å². The van der Waals surface area contributed by atoms with Crippen molar-refractivity contribution in [3.63, 3.8) is 0 Å². The summed E-state index contributed by atoms with van der Waals surface area (Å²) in [5.41, 5.74) is 2.68. The van der Waals surface area contributed by atoms with E-state index in [-0.39, 0.29) is 5.75 Å². The normalized spacial score (nSPS) is 12.7. The summed E-state index contributed by atoms with van der Waals surface area (Å²) in [5.74, 6) is 0.177. The molecule has 40 heavy (non-hydrogen) atoms. The number of rotatable bonds is 8. The van der Waals surface area contributed by atoms with Crippen molar-refractivity contribution in [1.29, 1.82) is 0 Å². The third kappa shape index (κ3) is 5.82. The summed E-state index contributed by atoms with van der Waals surface area (Å²) in [6.45, 7) is 3.33. The third-order valence-corrected chi connectivity index (χ3v) is 7.20. The molecule has 2 atom stereocenters. The molecule has 1 amide bonds. The van der Waals surface area contributed by atoms with Crippen LogP contribution in [0.1, 0.15) is 13.8 Å². The van der Waals surface area contributed by atoms with Gasteiger partial charge in [-0.05, 0) is 32.0 Å². The lowest BCUT2D eigenvalue weighted by Crippen LogP contribution is -2.32. The van der Waals surface area contributed by atoms with E-state index in [1.165, 1.54) is 44.0 Å². The van der Waals surface area contributed by atoms with E-state index in [4.69, 9.17) is 30.5 Å². The number of carbonyl (C=O) groups is 1. The van der Waals surface area contributed by atoms with E-state index in [0.29, 0.717) is 54.3 Å². The number of ether oxygens (including phenoxy) is 4. The van der Waals surface area contributed by atoms with E-state index < -0.39 is 24.1 Å². The van der Waals surface area contributed by atoms with Gasteiger partial charge in [0.2, 0.25) is 11.8 Å². The first-order chi connectivity index (χ1) is 19.2. The van der Waals surface area contributed by atoms with Crippen molar-refractivity contribution in [2.45, 2.75) is 26.1 Å². The van der Waals surface area contributed by atoms with Crippen LogP contribution in [0, 0.1) is 5.82 Å². The van der Waals surface area contributed by atoms with Crippen LogP contribution >= 0.6 is 22.9 Å². The van der Waals surface area contributed by atoms with Gasteiger partial charge in [-0.25, -0.2) is 29.1 Å². The van der Waals surface area contributed by atoms with Crippen LogP contribution in [0.5, 0.6) is 17.5 Å². The minimum absolute atomic E-state index is 0.00546. The van der Waals surface area contributed by atoms with E-state index in [0.717, 1.165) is 0 Å². The minimum Gasteiger partial charge on any atom is -0.484 e. The van der Waals surface area contributed by atoms with Crippen LogP contribution in [-0.2, 0) is 4.74 Å². The van der Waals surface area contributed by atoms with E-state index in [2.05, 4.69) is 25.3 Å². The monoisotopic (exact) mass is 583 g/mol. The topological polar surface area (TPSA) is 118 Å². The van der Waals surface area contributed by atoms with Gasteiger partial charge in [0.05, 0.1) is 53.6 Å². The lowest BCUT2D eigenvalue weighted by Gasteiger charge is -2.22. The summed E-state index contributed by atoms with van der Waals surface area (Å²) >= 11 is 7.67. The Balaban J connectivity index is 1.32. The van der Waals surface area contributed by atoms with Crippen LogP contribution in [-0.4, -0.2) is 52.5 Å². The third-order valence-electron chi connectivity index (χ3n) is 5.93. The second-order valence-electron chi connectivity index (χ2n) is 8.65. The average molecular weight is 584 g/mol. The number of fused-ring (bicyclic) bond motifs is 2. The summed E-state index contributed by atoms with van der Waals surface area (Å²) in [7, 11) is 3.00. The van der Waals surface area contributed by atoms with Gasteiger partial charge < -0.3 is 18.9 Å². The first-order valence-corrected chi connectivity index (χ1v) is 13.2. The summed E-state index contributed by atoms with van der Waals surface area (Å²) < 4.78 is 37.1. The number of hydrogen-bond donors (Lipinski definition) is 1. The Morgan fingerprint density at radius 1 is 0.975 bits per heavy atom. The molecule has 0 unspecified atom stereocenters. The number of hydrogen-bond acceptors (Lipinski definition) is 10. The molecule has 0 aliphatic carbocycles. The van der Waals surface area contributed by atoms with Crippen molar-refractivity contribution >= 4 is 56.0 Å². The Hall–Kier alpha value is -4.29. The number of pyridine rings is 1. The van der Waals surface area contributed by atoms with Gasteiger partial charge in [0.1, 0.15) is 17.2 Å². The molecule has 0 spiro atoms. The SMILES string of the molecule is COc1ccc(NC(=O)O[C@H](C)[C@H](C)Oc2cc3sc(-c4cc(Cl)cc5nc(OC)cnc45)nc3cc2F)cn1. The number of thiazole rings is 1. The summed E-state index contributed by atoms with van der Waals surface area (Å²) in [5, 5.41) is 3.62. The second-order valence-corrected chi connectivity index (χ2v) is 10.1. The van der Waals surface area contributed by atoms with Crippen LogP contribution in [0.2, 0.25) is 5.02 Å². The number of carbonyl (C=O) groups excluding carboxylic acids is 1. The molecule has 5 rings (SSSR count). The molecule has 0 aliphatic heterocycles. The fraction of sp³-hybridized carbons (Fsp3) is 0.222. The highest BCUT2D eigenvalue weighted by Crippen LogP contribution is 2.38. The number of benzene rings is 2. The zero-order valence-corrected chi connectivity index (χ0v) is 23.3. The molecular formula is C27H23ClFN5O5S. The van der Waals surface area contributed by atoms with Gasteiger partial charge in [-0.3, -0.25) is 5.32 Å². The van der Waals surface area contributed by atoms with Crippen LogP contribution in [0.3, 0.4) is 0 Å². The number of nitrogens with one attached hydrogen (secondary N) is 1. The van der Waals surface area contributed by atoms with Crippen molar-refractivity contribution in [2.75, 3.05) is 19.5 Å². The number of amides is 1. The van der Waals surface area contributed by atoms with E-state index >= 15 is 4.39 Å². The summed E-state index contributed by atoms with van der Waals surface area (Å²) in [6, 6.07) is 9.53. The Labute approximate surface area is 237 Å². The molecule has 3 heterocycles. The predicted octanol–water partition coefficient (Wildman–Crippen LogP) is 6.52. The van der Waals surface area contributed by atoms with E-state index in [1.807, 2.05) is 0 Å². The highest BCUT2D eigenvalue weighted by atomic mass is 35.5. The maximum Gasteiger partial charge on any atom is 0.412 e. The maximum absolute atomic E-state index is 15.0. The van der Waals surface area contributed by atoms with Crippen molar-refractivity contribution in [3.8, 4) is 28.1 Å². The minimum atomic E-state index is -0.702. The molecule has 0 aliphatic rings. The number of nitrogens with zero attached hydrogens (tertiary/aromatic N) is 4. The average Bonchev–Trinajstić information content (AvgIpc) is 3.35. The first kappa shape index (κ1) is 27.3. The van der Waals surface area contributed by atoms with Crippen molar-refractivity contribution in [3.05, 3.63) is 59.6 Å². The van der Waals surface area contributed by atoms with Gasteiger partial charge >= 0.3 is 6.09 Å². The number of halogens is 2. The Bertz CT molecular complexity index is 1700.